The quantitative estimate of drug-likeness (QED) is 0.751. The van der Waals surface area contributed by atoms with Gasteiger partial charge in [0.05, 0.1) is 5.41 Å². The van der Waals surface area contributed by atoms with Crippen LogP contribution in [0.4, 0.5) is 5.69 Å². The van der Waals surface area contributed by atoms with E-state index in [1.807, 2.05) is 0 Å². The molecular formula is C16H22N2O. The number of fused-ring (bicyclic) bond motifs is 2. The standard InChI is InChI=1S/C16H22N2O/c1-15(2,3)11-5-6-13-12(9-11)16(14(19)18-13)7-4-8-17-10-16/h5-6,9,17H,4,7-8,10H2,1-3H3,(H,18,19). The normalized spacial score (nSPS) is 26.4. The lowest BCUT2D eigenvalue weighted by Crippen LogP contribution is -2.48. The molecule has 2 aliphatic heterocycles. The van der Waals surface area contributed by atoms with Crippen molar-refractivity contribution < 1.29 is 4.79 Å². The smallest absolute Gasteiger partial charge is 0.236 e. The lowest BCUT2D eigenvalue weighted by Gasteiger charge is -2.33. The average molecular weight is 258 g/mol. The summed E-state index contributed by atoms with van der Waals surface area (Å²) in [6.45, 7) is 8.42. The first kappa shape index (κ1) is 12.7. The van der Waals surface area contributed by atoms with Gasteiger partial charge in [0.2, 0.25) is 5.91 Å². The van der Waals surface area contributed by atoms with Crippen LogP contribution in [0.15, 0.2) is 18.2 Å². The molecule has 0 radical (unpaired) electrons. The van der Waals surface area contributed by atoms with Crippen LogP contribution in [0.1, 0.15) is 44.7 Å². The average Bonchev–Trinajstić information content (AvgIpc) is 2.62. The second-order valence-corrected chi connectivity index (χ2v) is 6.83. The van der Waals surface area contributed by atoms with E-state index in [1.54, 1.807) is 0 Å². The van der Waals surface area contributed by atoms with E-state index in [-0.39, 0.29) is 16.7 Å². The second kappa shape index (κ2) is 4.07. The zero-order valence-electron chi connectivity index (χ0n) is 12.0. The van der Waals surface area contributed by atoms with Crippen molar-refractivity contribution in [3.8, 4) is 0 Å². The Morgan fingerprint density at radius 2 is 2.05 bits per heavy atom. The van der Waals surface area contributed by atoms with Crippen molar-refractivity contribution >= 4 is 11.6 Å². The molecule has 2 N–H and O–H groups in total. The van der Waals surface area contributed by atoms with E-state index in [1.165, 1.54) is 11.1 Å². The van der Waals surface area contributed by atoms with Gasteiger partial charge in [-0.25, -0.2) is 0 Å². The van der Waals surface area contributed by atoms with Crippen LogP contribution < -0.4 is 10.6 Å². The maximum absolute atomic E-state index is 12.4. The first-order valence-corrected chi connectivity index (χ1v) is 7.11. The van der Waals surface area contributed by atoms with Gasteiger partial charge in [0.15, 0.2) is 0 Å². The van der Waals surface area contributed by atoms with Crippen molar-refractivity contribution in [1.82, 2.24) is 5.32 Å². The van der Waals surface area contributed by atoms with Crippen molar-refractivity contribution in [2.45, 2.75) is 44.4 Å². The molecule has 2 heterocycles. The Labute approximate surface area is 114 Å². The maximum atomic E-state index is 12.4. The zero-order valence-corrected chi connectivity index (χ0v) is 12.0. The number of hydrogen-bond donors (Lipinski definition) is 2. The summed E-state index contributed by atoms with van der Waals surface area (Å²) in [5, 5.41) is 6.44. The number of carbonyl (C=O) groups is 1. The summed E-state index contributed by atoms with van der Waals surface area (Å²) in [7, 11) is 0. The summed E-state index contributed by atoms with van der Waals surface area (Å²) >= 11 is 0. The van der Waals surface area contributed by atoms with Crippen molar-refractivity contribution in [3.05, 3.63) is 29.3 Å². The monoisotopic (exact) mass is 258 g/mol. The highest BCUT2D eigenvalue weighted by Crippen LogP contribution is 2.43. The molecule has 3 nitrogen and oxygen atoms in total. The first-order valence-electron chi connectivity index (χ1n) is 7.11. The molecule has 0 bridgehead atoms. The fourth-order valence-electron chi connectivity index (χ4n) is 3.21. The van der Waals surface area contributed by atoms with Gasteiger partial charge in [-0.15, -0.1) is 0 Å². The topological polar surface area (TPSA) is 41.1 Å². The van der Waals surface area contributed by atoms with E-state index in [4.69, 9.17) is 0 Å². The van der Waals surface area contributed by atoms with Crippen LogP contribution >= 0.6 is 0 Å². The Balaban J connectivity index is 2.11. The van der Waals surface area contributed by atoms with Crippen LogP contribution in [0, 0.1) is 0 Å². The molecule has 19 heavy (non-hydrogen) atoms. The molecule has 0 saturated carbocycles. The molecule has 1 atom stereocenters. The fourth-order valence-corrected chi connectivity index (χ4v) is 3.21. The summed E-state index contributed by atoms with van der Waals surface area (Å²) < 4.78 is 0. The number of anilines is 1. The maximum Gasteiger partial charge on any atom is 0.236 e. The number of carbonyl (C=O) groups excluding carboxylic acids is 1. The Bertz CT molecular complexity index is 522. The van der Waals surface area contributed by atoms with Gasteiger partial charge in [0.1, 0.15) is 0 Å². The zero-order chi connectivity index (χ0) is 13.7. The first-order chi connectivity index (χ1) is 8.93. The van der Waals surface area contributed by atoms with Gasteiger partial charge in [0.25, 0.3) is 0 Å². The summed E-state index contributed by atoms with van der Waals surface area (Å²) in [6.07, 6.45) is 2.01. The largest absolute Gasteiger partial charge is 0.325 e. The predicted octanol–water partition coefficient (Wildman–Crippen LogP) is 2.56. The van der Waals surface area contributed by atoms with Gasteiger partial charge in [0, 0.05) is 12.2 Å². The number of nitrogens with one attached hydrogen (secondary N) is 2. The van der Waals surface area contributed by atoms with Crippen molar-refractivity contribution in [3.63, 3.8) is 0 Å². The van der Waals surface area contributed by atoms with Crippen LogP contribution in [-0.2, 0) is 15.6 Å². The molecule has 1 fully saturated rings. The molecule has 1 aromatic rings. The molecule has 1 spiro atoms. The SMILES string of the molecule is CC(C)(C)c1ccc2c(c1)C1(CCCNC1)C(=O)N2. The fraction of sp³-hybridized carbons (Fsp3) is 0.562. The summed E-state index contributed by atoms with van der Waals surface area (Å²) in [6, 6.07) is 6.44. The van der Waals surface area contributed by atoms with Gasteiger partial charge in [-0.3, -0.25) is 4.79 Å². The minimum Gasteiger partial charge on any atom is -0.325 e. The van der Waals surface area contributed by atoms with E-state index in [9.17, 15) is 4.79 Å². The van der Waals surface area contributed by atoms with Crippen molar-refractivity contribution in [2.24, 2.45) is 0 Å². The van der Waals surface area contributed by atoms with Gasteiger partial charge >= 0.3 is 0 Å². The third-order valence-corrected chi connectivity index (χ3v) is 4.47. The lowest BCUT2D eigenvalue weighted by atomic mass is 9.74. The summed E-state index contributed by atoms with van der Waals surface area (Å²) in [5.74, 6) is 0.167. The molecule has 1 aromatic carbocycles. The van der Waals surface area contributed by atoms with E-state index in [0.29, 0.717) is 0 Å². The number of rotatable bonds is 0. The number of hydrogen-bond acceptors (Lipinski definition) is 2. The summed E-state index contributed by atoms with van der Waals surface area (Å²) in [4.78, 5) is 12.4. The second-order valence-electron chi connectivity index (χ2n) is 6.83. The van der Waals surface area contributed by atoms with Crippen LogP contribution in [0.5, 0.6) is 0 Å². The molecule has 1 unspecified atom stereocenters. The van der Waals surface area contributed by atoms with E-state index < -0.39 is 0 Å². The molecule has 1 amide bonds. The molecule has 3 heteroatoms. The van der Waals surface area contributed by atoms with Gasteiger partial charge in [-0.2, -0.15) is 0 Å². The minimum absolute atomic E-state index is 0.115. The minimum atomic E-state index is -0.338. The van der Waals surface area contributed by atoms with Crippen LogP contribution in [-0.4, -0.2) is 19.0 Å². The van der Waals surface area contributed by atoms with Gasteiger partial charge in [-0.05, 0) is 42.0 Å². The van der Waals surface area contributed by atoms with Gasteiger partial charge < -0.3 is 10.6 Å². The molecule has 0 aliphatic carbocycles. The predicted molar refractivity (Wildman–Crippen MR) is 77.6 cm³/mol. The molecular weight excluding hydrogens is 236 g/mol. The molecule has 102 valence electrons. The molecule has 3 rings (SSSR count). The van der Waals surface area contributed by atoms with E-state index in [0.717, 1.165) is 31.6 Å². The van der Waals surface area contributed by atoms with Crippen molar-refractivity contribution in [2.75, 3.05) is 18.4 Å². The van der Waals surface area contributed by atoms with E-state index in [2.05, 4.69) is 49.6 Å². The van der Waals surface area contributed by atoms with Gasteiger partial charge in [-0.1, -0.05) is 32.9 Å². The van der Waals surface area contributed by atoms with Crippen molar-refractivity contribution in [1.29, 1.82) is 0 Å². The Kier molecular flexibility index (Phi) is 2.72. The highest BCUT2D eigenvalue weighted by atomic mass is 16.2. The molecule has 2 aliphatic rings. The number of amides is 1. The Morgan fingerprint density at radius 1 is 1.26 bits per heavy atom. The third-order valence-electron chi connectivity index (χ3n) is 4.47. The van der Waals surface area contributed by atoms with Crippen LogP contribution in [0.3, 0.4) is 0 Å². The number of piperidine rings is 1. The Hall–Kier alpha value is -1.35. The highest BCUT2D eigenvalue weighted by Gasteiger charge is 2.47. The number of benzene rings is 1. The third kappa shape index (κ3) is 1.88. The van der Waals surface area contributed by atoms with Crippen LogP contribution in [0.2, 0.25) is 0 Å². The summed E-state index contributed by atoms with van der Waals surface area (Å²) in [5.41, 5.74) is 3.27. The highest BCUT2D eigenvalue weighted by molar-refractivity contribution is 6.06. The Morgan fingerprint density at radius 3 is 2.68 bits per heavy atom. The lowest BCUT2D eigenvalue weighted by molar-refractivity contribution is -0.121. The van der Waals surface area contributed by atoms with Crippen LogP contribution in [0.25, 0.3) is 0 Å². The van der Waals surface area contributed by atoms with E-state index >= 15 is 0 Å². The molecule has 1 saturated heterocycles. The molecule has 0 aromatic heterocycles.